The number of aliphatic hydroxyl groups is 1. The first-order valence-corrected chi connectivity index (χ1v) is 7.21. The molecule has 0 aliphatic heterocycles. The average molecular weight is 296 g/mol. The normalized spacial score (nSPS) is 12.8. The molecule has 0 bridgehead atoms. The van der Waals surface area contributed by atoms with Crippen molar-refractivity contribution in [2.24, 2.45) is 0 Å². The van der Waals surface area contributed by atoms with Crippen LogP contribution in [0.1, 0.15) is 18.1 Å². The van der Waals surface area contributed by atoms with Gasteiger partial charge in [0.05, 0.1) is 20.3 Å². The highest BCUT2D eigenvalue weighted by molar-refractivity contribution is 5.42. The number of nitrogens with zero attached hydrogens (tertiary/aromatic N) is 2. The highest BCUT2D eigenvalue weighted by atomic mass is 16.5. The molecule has 0 aliphatic carbocycles. The van der Waals surface area contributed by atoms with E-state index in [0.29, 0.717) is 12.3 Å². The molecule has 120 valence electrons. The molecule has 0 heterocycles. The Kier molecular flexibility index (Phi) is 7.50. The lowest BCUT2D eigenvalue weighted by molar-refractivity contribution is 0.122. The van der Waals surface area contributed by atoms with E-state index in [0.717, 1.165) is 30.8 Å². The molecule has 1 aromatic rings. The topological polar surface area (TPSA) is 45.2 Å². The molecule has 1 atom stereocenters. The fourth-order valence-electron chi connectivity index (χ4n) is 2.24. The predicted molar refractivity (Wildman–Crippen MR) is 85.2 cm³/mol. The number of hydrogen-bond acceptors (Lipinski definition) is 5. The monoisotopic (exact) mass is 296 g/mol. The molecule has 1 aromatic carbocycles. The summed E-state index contributed by atoms with van der Waals surface area (Å²) in [5.74, 6) is 1.38. The minimum absolute atomic E-state index is 0.574. The maximum absolute atomic E-state index is 10.4. The number of hydrogen-bond donors (Lipinski definition) is 1. The van der Waals surface area contributed by atoms with E-state index in [1.807, 2.05) is 19.2 Å². The van der Waals surface area contributed by atoms with Crippen LogP contribution in [0, 0.1) is 0 Å². The van der Waals surface area contributed by atoms with E-state index in [1.54, 1.807) is 20.3 Å². The first-order chi connectivity index (χ1) is 9.97. The van der Waals surface area contributed by atoms with Gasteiger partial charge in [-0.1, -0.05) is 0 Å². The number of likely N-dealkylation sites (N-methyl/N-ethyl adjacent to an activating group) is 1. The third-order valence-electron chi connectivity index (χ3n) is 3.43. The van der Waals surface area contributed by atoms with Crippen molar-refractivity contribution in [3.05, 3.63) is 23.8 Å². The van der Waals surface area contributed by atoms with Gasteiger partial charge >= 0.3 is 0 Å². The van der Waals surface area contributed by atoms with Crippen LogP contribution in [0.15, 0.2) is 18.2 Å². The third-order valence-corrected chi connectivity index (χ3v) is 3.43. The van der Waals surface area contributed by atoms with Crippen LogP contribution in [0.2, 0.25) is 0 Å². The Hall–Kier alpha value is -1.30. The molecule has 0 saturated heterocycles. The quantitative estimate of drug-likeness (QED) is 0.750. The van der Waals surface area contributed by atoms with Gasteiger partial charge in [-0.3, -0.25) is 0 Å². The molecule has 0 spiro atoms. The van der Waals surface area contributed by atoms with Crippen LogP contribution in [0.5, 0.6) is 11.5 Å². The molecule has 5 heteroatoms. The van der Waals surface area contributed by atoms with Crippen molar-refractivity contribution in [2.75, 3.05) is 55.0 Å². The molecular formula is C16H28N2O3. The molecule has 5 nitrogen and oxygen atoms in total. The third kappa shape index (κ3) is 5.91. The molecule has 0 radical (unpaired) electrons. The molecule has 0 fully saturated rings. The van der Waals surface area contributed by atoms with Crippen molar-refractivity contribution in [1.82, 2.24) is 9.80 Å². The second-order valence-corrected chi connectivity index (χ2v) is 5.54. The molecule has 1 unspecified atom stereocenters. The van der Waals surface area contributed by atoms with Crippen LogP contribution < -0.4 is 9.47 Å². The van der Waals surface area contributed by atoms with E-state index in [2.05, 4.69) is 23.9 Å². The summed E-state index contributed by atoms with van der Waals surface area (Å²) >= 11 is 0. The largest absolute Gasteiger partial charge is 0.497 e. The van der Waals surface area contributed by atoms with Crippen LogP contribution in [-0.4, -0.2) is 69.9 Å². The Balaban J connectivity index is 2.60. The second-order valence-electron chi connectivity index (χ2n) is 5.54. The summed E-state index contributed by atoms with van der Waals surface area (Å²) in [5, 5.41) is 10.4. The Labute approximate surface area is 128 Å². The van der Waals surface area contributed by atoms with Gasteiger partial charge in [0.25, 0.3) is 0 Å². The van der Waals surface area contributed by atoms with E-state index < -0.39 is 6.10 Å². The van der Waals surface area contributed by atoms with Gasteiger partial charge in [0.2, 0.25) is 0 Å². The van der Waals surface area contributed by atoms with Crippen LogP contribution in [0.4, 0.5) is 0 Å². The molecular weight excluding hydrogens is 268 g/mol. The van der Waals surface area contributed by atoms with Crippen molar-refractivity contribution in [2.45, 2.75) is 12.5 Å². The highest BCUT2D eigenvalue weighted by Gasteiger charge is 2.16. The minimum Gasteiger partial charge on any atom is -0.497 e. The van der Waals surface area contributed by atoms with E-state index in [1.165, 1.54) is 0 Å². The van der Waals surface area contributed by atoms with Crippen LogP contribution in [-0.2, 0) is 0 Å². The number of benzene rings is 1. The van der Waals surface area contributed by atoms with E-state index in [4.69, 9.17) is 9.47 Å². The standard InChI is InChI=1S/C16H28N2O3/c1-17(2)9-6-10-18(3)12-15(19)14-8-7-13(20-4)11-16(14)21-5/h7-8,11,15,19H,6,9-10,12H2,1-5H3. The Morgan fingerprint density at radius 3 is 2.38 bits per heavy atom. The summed E-state index contributed by atoms with van der Waals surface area (Å²) in [6, 6.07) is 5.49. The van der Waals surface area contributed by atoms with Gasteiger partial charge in [-0.25, -0.2) is 0 Å². The fourth-order valence-corrected chi connectivity index (χ4v) is 2.24. The summed E-state index contributed by atoms with van der Waals surface area (Å²) in [7, 11) is 9.37. The predicted octanol–water partition coefficient (Wildman–Crippen LogP) is 1.62. The van der Waals surface area contributed by atoms with Gasteiger partial charge < -0.3 is 24.4 Å². The van der Waals surface area contributed by atoms with E-state index in [9.17, 15) is 5.11 Å². The smallest absolute Gasteiger partial charge is 0.128 e. The zero-order chi connectivity index (χ0) is 15.8. The number of methoxy groups -OCH3 is 2. The Morgan fingerprint density at radius 2 is 1.81 bits per heavy atom. The zero-order valence-corrected chi connectivity index (χ0v) is 13.8. The van der Waals surface area contributed by atoms with Crippen molar-refractivity contribution in [3.8, 4) is 11.5 Å². The molecule has 0 aromatic heterocycles. The van der Waals surface area contributed by atoms with Crippen molar-refractivity contribution >= 4 is 0 Å². The fraction of sp³-hybridized carbons (Fsp3) is 0.625. The SMILES string of the molecule is COc1ccc(C(O)CN(C)CCCN(C)C)c(OC)c1. The molecule has 21 heavy (non-hydrogen) atoms. The molecule has 1 rings (SSSR count). The van der Waals surface area contributed by atoms with Crippen molar-refractivity contribution < 1.29 is 14.6 Å². The summed E-state index contributed by atoms with van der Waals surface area (Å²) in [6.45, 7) is 2.58. The van der Waals surface area contributed by atoms with Crippen LogP contribution in [0.25, 0.3) is 0 Å². The number of aliphatic hydroxyl groups excluding tert-OH is 1. The van der Waals surface area contributed by atoms with Crippen molar-refractivity contribution in [1.29, 1.82) is 0 Å². The van der Waals surface area contributed by atoms with Gasteiger partial charge in [-0.15, -0.1) is 0 Å². The zero-order valence-electron chi connectivity index (χ0n) is 13.8. The second kappa shape index (κ2) is 8.87. The van der Waals surface area contributed by atoms with E-state index >= 15 is 0 Å². The molecule has 0 saturated carbocycles. The van der Waals surface area contributed by atoms with Gasteiger partial charge in [-0.05, 0) is 52.8 Å². The molecule has 0 aliphatic rings. The van der Waals surface area contributed by atoms with Gasteiger partial charge in [0.1, 0.15) is 11.5 Å². The van der Waals surface area contributed by atoms with Crippen molar-refractivity contribution in [3.63, 3.8) is 0 Å². The van der Waals surface area contributed by atoms with Gasteiger partial charge in [0.15, 0.2) is 0 Å². The maximum atomic E-state index is 10.4. The highest BCUT2D eigenvalue weighted by Crippen LogP contribution is 2.29. The Morgan fingerprint density at radius 1 is 1.10 bits per heavy atom. The first-order valence-electron chi connectivity index (χ1n) is 7.21. The van der Waals surface area contributed by atoms with Crippen LogP contribution in [0.3, 0.4) is 0 Å². The summed E-state index contributed by atoms with van der Waals surface area (Å²) in [4.78, 5) is 4.30. The first kappa shape index (κ1) is 17.8. The average Bonchev–Trinajstić information content (AvgIpc) is 2.45. The summed E-state index contributed by atoms with van der Waals surface area (Å²) in [5.41, 5.74) is 0.790. The lowest BCUT2D eigenvalue weighted by Gasteiger charge is -2.23. The Bertz CT molecular complexity index is 424. The minimum atomic E-state index is -0.574. The summed E-state index contributed by atoms with van der Waals surface area (Å²) < 4.78 is 10.5. The summed E-state index contributed by atoms with van der Waals surface area (Å²) in [6.07, 6.45) is 0.505. The van der Waals surface area contributed by atoms with Crippen LogP contribution >= 0.6 is 0 Å². The molecule has 1 N–H and O–H groups in total. The lowest BCUT2D eigenvalue weighted by atomic mass is 10.1. The number of rotatable bonds is 9. The maximum Gasteiger partial charge on any atom is 0.128 e. The number of ether oxygens (including phenoxy) is 2. The van der Waals surface area contributed by atoms with E-state index in [-0.39, 0.29) is 0 Å². The lowest BCUT2D eigenvalue weighted by Crippen LogP contribution is -2.28. The van der Waals surface area contributed by atoms with Gasteiger partial charge in [0, 0.05) is 18.2 Å². The molecule has 0 amide bonds. The van der Waals surface area contributed by atoms with Gasteiger partial charge in [-0.2, -0.15) is 0 Å².